The molecule has 0 spiro atoms. The second kappa shape index (κ2) is 9.97. The van der Waals surface area contributed by atoms with Gasteiger partial charge in [-0.1, -0.05) is 42.5 Å². The molecular weight excluding hydrogens is 373 g/mol. The number of carbonyl (C=O) groups excluding carboxylic acids is 2. The van der Waals surface area contributed by atoms with Crippen molar-refractivity contribution in [3.8, 4) is 11.8 Å². The van der Waals surface area contributed by atoms with Crippen LogP contribution in [-0.4, -0.2) is 18.5 Å². The number of esters is 2. The number of alkyl halides is 3. The van der Waals surface area contributed by atoms with Gasteiger partial charge in [0.1, 0.15) is 6.61 Å². The first-order chi connectivity index (χ1) is 13.3. The zero-order chi connectivity index (χ0) is 20.4. The van der Waals surface area contributed by atoms with Crippen molar-refractivity contribution in [3.05, 3.63) is 77.4 Å². The molecule has 0 unspecified atom stereocenters. The highest BCUT2D eigenvalue weighted by atomic mass is 19.4. The summed E-state index contributed by atoms with van der Waals surface area (Å²) in [6.07, 6.45) is -2.05. The van der Waals surface area contributed by atoms with Gasteiger partial charge in [-0.15, -0.1) is 0 Å². The Morgan fingerprint density at radius 1 is 0.964 bits per heavy atom. The number of ether oxygens (including phenoxy) is 2. The van der Waals surface area contributed by atoms with Crippen molar-refractivity contribution in [2.24, 2.45) is 0 Å². The lowest BCUT2D eigenvalue weighted by molar-refractivity contribution is -0.138. The largest absolute Gasteiger partial charge is 0.451 e. The van der Waals surface area contributed by atoms with E-state index in [1.165, 1.54) is 18.2 Å². The fraction of sp³-hybridized carbons (Fsp3) is 0.143. The van der Waals surface area contributed by atoms with Crippen LogP contribution in [0.5, 0.6) is 0 Å². The van der Waals surface area contributed by atoms with Gasteiger partial charge in [0.25, 0.3) is 0 Å². The molecule has 2 rings (SSSR count). The number of hydrogen-bond donors (Lipinski definition) is 0. The fourth-order valence-electron chi connectivity index (χ4n) is 1.97. The molecule has 0 fully saturated rings. The van der Waals surface area contributed by atoms with Crippen LogP contribution in [0.3, 0.4) is 0 Å². The van der Waals surface area contributed by atoms with E-state index in [9.17, 15) is 22.8 Å². The lowest BCUT2D eigenvalue weighted by Gasteiger charge is -2.05. The van der Waals surface area contributed by atoms with E-state index >= 15 is 0 Å². The van der Waals surface area contributed by atoms with Crippen LogP contribution in [0.25, 0.3) is 6.08 Å². The number of hydrogen-bond acceptors (Lipinski definition) is 4. The molecule has 0 saturated heterocycles. The first-order valence-corrected chi connectivity index (χ1v) is 8.06. The molecule has 0 amide bonds. The average Bonchev–Trinajstić information content (AvgIpc) is 2.68. The molecule has 0 bridgehead atoms. The van der Waals surface area contributed by atoms with Gasteiger partial charge in [0.2, 0.25) is 0 Å². The number of rotatable bonds is 5. The molecule has 0 N–H and O–H groups in total. The van der Waals surface area contributed by atoms with Crippen LogP contribution in [0.2, 0.25) is 0 Å². The second-order valence-corrected chi connectivity index (χ2v) is 5.42. The van der Waals surface area contributed by atoms with Gasteiger partial charge in [-0.25, -0.2) is 9.59 Å². The predicted octanol–water partition coefficient (Wildman–Crippen LogP) is 4.01. The van der Waals surface area contributed by atoms with Crippen molar-refractivity contribution in [2.45, 2.75) is 12.8 Å². The van der Waals surface area contributed by atoms with Crippen LogP contribution < -0.4 is 0 Å². The van der Waals surface area contributed by atoms with Crippen molar-refractivity contribution < 1.29 is 32.2 Å². The zero-order valence-electron chi connectivity index (χ0n) is 14.5. The third-order valence-corrected chi connectivity index (χ3v) is 3.34. The summed E-state index contributed by atoms with van der Waals surface area (Å²) in [4.78, 5) is 23.0. The highest BCUT2D eigenvalue weighted by molar-refractivity contribution is 5.89. The standard InChI is InChI=1S/C21H15F3O4/c22-21(23,24)18-11-8-16(9-12-18)10-13-20(26)27-14-4-7-19(25)28-15-17-5-2-1-3-6-17/h1-3,5-6,8-13H,14-15H2/b13-10+. The molecule has 0 atom stereocenters. The third-order valence-electron chi connectivity index (χ3n) is 3.34. The predicted molar refractivity (Wildman–Crippen MR) is 95.5 cm³/mol. The van der Waals surface area contributed by atoms with E-state index in [0.29, 0.717) is 5.56 Å². The van der Waals surface area contributed by atoms with Gasteiger partial charge in [0, 0.05) is 12.0 Å². The zero-order valence-corrected chi connectivity index (χ0v) is 14.5. The van der Waals surface area contributed by atoms with Crippen LogP contribution in [0.4, 0.5) is 13.2 Å². The number of benzene rings is 2. The van der Waals surface area contributed by atoms with Crippen molar-refractivity contribution in [1.29, 1.82) is 0 Å². The van der Waals surface area contributed by atoms with Gasteiger partial charge in [0.05, 0.1) is 5.56 Å². The van der Waals surface area contributed by atoms with Crippen molar-refractivity contribution in [2.75, 3.05) is 6.61 Å². The van der Waals surface area contributed by atoms with E-state index in [2.05, 4.69) is 11.8 Å². The van der Waals surface area contributed by atoms with Crippen LogP contribution >= 0.6 is 0 Å². The van der Waals surface area contributed by atoms with Crippen LogP contribution in [0.15, 0.2) is 60.7 Å². The lowest BCUT2D eigenvalue weighted by atomic mass is 10.1. The molecule has 2 aromatic rings. The Morgan fingerprint density at radius 2 is 1.64 bits per heavy atom. The first-order valence-electron chi connectivity index (χ1n) is 8.06. The molecule has 0 aliphatic rings. The highest BCUT2D eigenvalue weighted by Gasteiger charge is 2.29. The van der Waals surface area contributed by atoms with Crippen molar-refractivity contribution in [1.82, 2.24) is 0 Å². The van der Waals surface area contributed by atoms with Crippen molar-refractivity contribution >= 4 is 18.0 Å². The van der Waals surface area contributed by atoms with E-state index in [-0.39, 0.29) is 13.2 Å². The fourth-order valence-corrected chi connectivity index (χ4v) is 1.97. The van der Waals surface area contributed by atoms with E-state index in [0.717, 1.165) is 23.8 Å². The molecule has 2 aromatic carbocycles. The Hall–Kier alpha value is -3.53. The van der Waals surface area contributed by atoms with Gasteiger partial charge >= 0.3 is 18.1 Å². The molecule has 0 heterocycles. The molecule has 0 saturated carbocycles. The van der Waals surface area contributed by atoms with E-state index in [1.807, 2.05) is 18.2 Å². The topological polar surface area (TPSA) is 52.6 Å². The number of halogens is 3. The third kappa shape index (κ3) is 7.38. The molecule has 28 heavy (non-hydrogen) atoms. The quantitative estimate of drug-likeness (QED) is 0.336. The molecular formula is C21H15F3O4. The summed E-state index contributed by atoms with van der Waals surface area (Å²) < 4.78 is 47.1. The van der Waals surface area contributed by atoms with Crippen LogP contribution in [-0.2, 0) is 31.8 Å². The molecule has 4 nitrogen and oxygen atoms in total. The normalized spacial score (nSPS) is 10.8. The Labute approximate surface area is 159 Å². The van der Waals surface area contributed by atoms with Crippen LogP contribution in [0, 0.1) is 11.8 Å². The summed E-state index contributed by atoms with van der Waals surface area (Å²) in [5, 5.41) is 0. The summed E-state index contributed by atoms with van der Waals surface area (Å²) in [6, 6.07) is 13.3. The molecule has 0 aliphatic carbocycles. The Kier molecular flexibility index (Phi) is 7.40. The average molecular weight is 388 g/mol. The summed E-state index contributed by atoms with van der Waals surface area (Å²) in [5.41, 5.74) is 0.444. The molecule has 0 aromatic heterocycles. The van der Waals surface area contributed by atoms with Gasteiger partial charge in [-0.05, 0) is 35.3 Å². The Bertz CT molecular complexity index is 889. The number of carbonyl (C=O) groups is 2. The lowest BCUT2D eigenvalue weighted by Crippen LogP contribution is -2.04. The summed E-state index contributed by atoms with van der Waals surface area (Å²) in [5.74, 6) is 3.04. The van der Waals surface area contributed by atoms with E-state index in [4.69, 9.17) is 9.47 Å². The molecule has 7 heteroatoms. The first kappa shape index (κ1) is 20.8. The molecule has 0 radical (unpaired) electrons. The van der Waals surface area contributed by atoms with Crippen molar-refractivity contribution in [3.63, 3.8) is 0 Å². The Balaban J connectivity index is 1.73. The monoisotopic (exact) mass is 388 g/mol. The summed E-state index contributed by atoms with van der Waals surface area (Å²) in [6.45, 7) is -0.235. The van der Waals surface area contributed by atoms with Gasteiger partial charge < -0.3 is 9.47 Å². The maximum absolute atomic E-state index is 12.5. The SMILES string of the molecule is O=C(C#CCOC(=O)/C=C/c1ccc(C(F)(F)F)cc1)OCc1ccccc1. The second-order valence-electron chi connectivity index (χ2n) is 5.42. The minimum atomic E-state index is -4.41. The Morgan fingerprint density at radius 3 is 2.29 bits per heavy atom. The maximum atomic E-state index is 12.5. The maximum Gasteiger partial charge on any atom is 0.416 e. The summed E-state index contributed by atoms with van der Waals surface area (Å²) in [7, 11) is 0. The minimum absolute atomic E-state index is 0.0873. The van der Waals surface area contributed by atoms with Gasteiger partial charge in [-0.3, -0.25) is 0 Å². The minimum Gasteiger partial charge on any atom is -0.451 e. The summed E-state index contributed by atoms with van der Waals surface area (Å²) >= 11 is 0. The van der Waals surface area contributed by atoms with Gasteiger partial charge in [-0.2, -0.15) is 13.2 Å². The van der Waals surface area contributed by atoms with Gasteiger partial charge in [0.15, 0.2) is 6.61 Å². The smallest absolute Gasteiger partial charge is 0.416 e. The molecule has 144 valence electrons. The van der Waals surface area contributed by atoms with Crippen LogP contribution in [0.1, 0.15) is 16.7 Å². The molecule has 0 aliphatic heterocycles. The van der Waals surface area contributed by atoms with E-state index in [1.54, 1.807) is 12.1 Å². The highest BCUT2D eigenvalue weighted by Crippen LogP contribution is 2.29. The van der Waals surface area contributed by atoms with E-state index < -0.39 is 23.7 Å².